The molecule has 0 aromatic carbocycles. The van der Waals surface area contributed by atoms with Crippen molar-refractivity contribution in [3.8, 4) is 0 Å². The van der Waals surface area contributed by atoms with Gasteiger partial charge in [0.15, 0.2) is 0 Å². The molecule has 0 spiro atoms. The van der Waals surface area contributed by atoms with E-state index in [9.17, 15) is 9.46 Å². The molecular weight excluding hydrogens is 358 g/mol. The second-order valence-corrected chi connectivity index (χ2v) is 8.47. The number of phosphoric ester groups is 1. The van der Waals surface area contributed by atoms with Crippen LogP contribution in [0.1, 0.15) is 117 Å². The zero-order valence-electron chi connectivity index (χ0n) is 17.8. The third-order valence-electron chi connectivity index (χ3n) is 4.49. The first-order chi connectivity index (χ1) is 12.1. The Hall–Kier alpha value is 1.11. The van der Waals surface area contributed by atoms with Gasteiger partial charge in [0, 0.05) is 0 Å². The number of phosphoric acid groups is 1. The van der Waals surface area contributed by atoms with Crippen LogP contribution in [0.2, 0.25) is 0 Å². The molecule has 0 rings (SSSR count). The summed E-state index contributed by atoms with van der Waals surface area (Å²) < 4.78 is 21.1. The molecule has 0 aliphatic rings. The first-order valence-electron chi connectivity index (χ1n) is 10.7. The molecule has 4 nitrogen and oxygen atoms in total. The third-order valence-corrected chi connectivity index (χ3v) is 5.49. The number of unbranched alkanes of at least 4 members (excludes halogenated alkanes) is 14. The van der Waals surface area contributed by atoms with Crippen molar-refractivity contribution in [3.63, 3.8) is 0 Å². The van der Waals surface area contributed by atoms with Crippen LogP contribution in [0, 0.1) is 0 Å². The summed E-state index contributed by atoms with van der Waals surface area (Å²) in [5.74, 6) is 0. The molecule has 0 heterocycles. The average molecular weight is 401 g/mol. The molecule has 0 bridgehead atoms. The molecule has 0 radical (unpaired) electrons. The molecule has 1 atom stereocenters. The van der Waals surface area contributed by atoms with E-state index in [1.807, 2.05) is 6.92 Å². The summed E-state index contributed by atoms with van der Waals surface area (Å²) in [6, 6.07) is 0. The van der Waals surface area contributed by atoms with Crippen molar-refractivity contribution in [2.24, 2.45) is 0 Å². The third kappa shape index (κ3) is 23.1. The second-order valence-electron chi connectivity index (χ2n) is 7.06. The van der Waals surface area contributed by atoms with Gasteiger partial charge in [0.05, 0.1) is 13.2 Å². The molecule has 0 saturated heterocycles. The summed E-state index contributed by atoms with van der Waals surface area (Å²) in [5, 5.41) is 0. The first-order valence-corrected chi connectivity index (χ1v) is 12.2. The molecule has 0 aliphatic carbocycles. The molecule has 1 unspecified atom stereocenters. The normalized spacial score (nSPS) is 13.3. The van der Waals surface area contributed by atoms with Gasteiger partial charge in [-0.2, -0.15) is 0 Å². The molecule has 0 amide bonds. The standard InChI is InChI=1S/C20H43O4P.Na/c1-3-5-7-8-9-10-11-12-13-14-15-16-17-18-20-24-25(21,22)23-19-6-4-2;/h3-20H2,1-2H3,(H,21,22);/q;+1/p-1. The fraction of sp³-hybridized carbons (Fsp3) is 1.00. The van der Waals surface area contributed by atoms with E-state index in [4.69, 9.17) is 9.05 Å². The Bertz CT molecular complexity index is 316. The van der Waals surface area contributed by atoms with E-state index in [1.54, 1.807) is 0 Å². The second kappa shape index (κ2) is 22.4. The maximum atomic E-state index is 11.4. The predicted octanol–water partition coefficient (Wildman–Crippen LogP) is 3.77. The summed E-state index contributed by atoms with van der Waals surface area (Å²) >= 11 is 0. The van der Waals surface area contributed by atoms with Gasteiger partial charge in [-0.3, -0.25) is 4.57 Å². The molecule has 0 aliphatic heterocycles. The van der Waals surface area contributed by atoms with Crippen molar-refractivity contribution < 1.29 is 48.1 Å². The molecule has 152 valence electrons. The van der Waals surface area contributed by atoms with Gasteiger partial charge in [-0.05, 0) is 12.8 Å². The average Bonchev–Trinajstić information content (AvgIpc) is 2.58. The zero-order chi connectivity index (χ0) is 18.6. The summed E-state index contributed by atoms with van der Waals surface area (Å²) in [7, 11) is -4.06. The fourth-order valence-corrected chi connectivity index (χ4v) is 3.61. The molecule has 26 heavy (non-hydrogen) atoms. The van der Waals surface area contributed by atoms with Crippen molar-refractivity contribution in [2.45, 2.75) is 117 Å². The van der Waals surface area contributed by atoms with Crippen LogP contribution in [-0.4, -0.2) is 13.2 Å². The van der Waals surface area contributed by atoms with Crippen LogP contribution in [0.25, 0.3) is 0 Å². The van der Waals surface area contributed by atoms with Crippen LogP contribution in [0.3, 0.4) is 0 Å². The zero-order valence-corrected chi connectivity index (χ0v) is 20.7. The maximum absolute atomic E-state index is 11.4. The Balaban J connectivity index is 0. The summed E-state index contributed by atoms with van der Waals surface area (Å²) in [5.41, 5.74) is 0. The van der Waals surface area contributed by atoms with E-state index < -0.39 is 7.82 Å². The van der Waals surface area contributed by atoms with E-state index >= 15 is 0 Å². The topological polar surface area (TPSA) is 58.6 Å². The van der Waals surface area contributed by atoms with Gasteiger partial charge >= 0.3 is 29.6 Å². The van der Waals surface area contributed by atoms with Crippen molar-refractivity contribution in [1.82, 2.24) is 0 Å². The van der Waals surface area contributed by atoms with Crippen LogP contribution in [0.15, 0.2) is 0 Å². The summed E-state index contributed by atoms with van der Waals surface area (Å²) in [6.45, 7) is 4.74. The van der Waals surface area contributed by atoms with Crippen molar-refractivity contribution in [3.05, 3.63) is 0 Å². The van der Waals surface area contributed by atoms with Crippen molar-refractivity contribution in [2.75, 3.05) is 13.2 Å². The molecule has 0 saturated carbocycles. The maximum Gasteiger partial charge on any atom is 1.00 e. The van der Waals surface area contributed by atoms with Gasteiger partial charge < -0.3 is 13.9 Å². The Morgan fingerprint density at radius 1 is 0.577 bits per heavy atom. The predicted molar refractivity (Wildman–Crippen MR) is 105 cm³/mol. The van der Waals surface area contributed by atoms with Crippen LogP contribution in [0.5, 0.6) is 0 Å². The largest absolute Gasteiger partial charge is 1.00 e. The quantitative estimate of drug-likeness (QED) is 0.177. The van der Waals surface area contributed by atoms with Crippen molar-refractivity contribution >= 4 is 7.82 Å². The monoisotopic (exact) mass is 400 g/mol. The molecule has 6 heteroatoms. The molecule has 0 aromatic rings. The van der Waals surface area contributed by atoms with Gasteiger partial charge in [-0.15, -0.1) is 0 Å². The summed E-state index contributed by atoms with van der Waals surface area (Å²) in [4.78, 5) is 11.4. The number of rotatable bonds is 20. The Morgan fingerprint density at radius 3 is 1.27 bits per heavy atom. The minimum Gasteiger partial charge on any atom is -0.756 e. The Kier molecular flexibility index (Phi) is 25.3. The number of hydrogen-bond acceptors (Lipinski definition) is 4. The molecular formula is C20H42NaO4P. The van der Waals surface area contributed by atoms with E-state index in [1.165, 1.54) is 77.0 Å². The van der Waals surface area contributed by atoms with Crippen LogP contribution in [-0.2, 0) is 13.6 Å². The summed E-state index contributed by atoms with van der Waals surface area (Å²) in [6.07, 6.45) is 19.6. The van der Waals surface area contributed by atoms with Crippen LogP contribution < -0.4 is 34.5 Å². The van der Waals surface area contributed by atoms with Crippen LogP contribution >= 0.6 is 7.82 Å². The van der Waals surface area contributed by atoms with E-state index in [-0.39, 0.29) is 42.8 Å². The minimum absolute atomic E-state index is 0. The first kappa shape index (κ1) is 29.3. The fourth-order valence-electron chi connectivity index (χ4n) is 2.83. The van der Waals surface area contributed by atoms with Gasteiger partial charge in [0.25, 0.3) is 7.82 Å². The van der Waals surface area contributed by atoms with Crippen molar-refractivity contribution in [1.29, 1.82) is 0 Å². The van der Waals surface area contributed by atoms with Gasteiger partial charge in [0.2, 0.25) is 0 Å². The van der Waals surface area contributed by atoms with Crippen LogP contribution in [0.4, 0.5) is 0 Å². The Labute approximate surface area is 185 Å². The van der Waals surface area contributed by atoms with E-state index in [2.05, 4.69) is 6.92 Å². The van der Waals surface area contributed by atoms with Gasteiger partial charge in [-0.25, -0.2) is 0 Å². The van der Waals surface area contributed by atoms with Gasteiger partial charge in [-0.1, -0.05) is 104 Å². The molecule has 0 fully saturated rings. The molecule has 0 aromatic heterocycles. The SMILES string of the molecule is CCCCCCCCCCCCCCCCOP(=O)([O-])OCCCC.[Na+]. The number of hydrogen-bond donors (Lipinski definition) is 0. The van der Waals surface area contributed by atoms with Gasteiger partial charge in [0.1, 0.15) is 0 Å². The Morgan fingerprint density at radius 2 is 0.885 bits per heavy atom. The minimum atomic E-state index is -4.06. The smallest absolute Gasteiger partial charge is 0.756 e. The van der Waals surface area contributed by atoms with E-state index in [0.717, 1.165) is 25.7 Å². The van der Waals surface area contributed by atoms with E-state index in [0.29, 0.717) is 0 Å². The molecule has 0 N–H and O–H groups in total.